The summed E-state index contributed by atoms with van der Waals surface area (Å²) in [5, 5.41) is 1.07. The van der Waals surface area contributed by atoms with E-state index >= 15 is 0 Å². The van der Waals surface area contributed by atoms with Crippen molar-refractivity contribution in [1.29, 1.82) is 0 Å². The molecule has 2 N–H and O–H groups in total. The van der Waals surface area contributed by atoms with E-state index in [4.69, 9.17) is 10.6 Å². The summed E-state index contributed by atoms with van der Waals surface area (Å²) in [5.41, 5.74) is 0.783. The molecule has 0 atom stereocenters. The normalized spacial score (nSPS) is 17.0. The number of amides is 1. The first-order valence-electron chi connectivity index (χ1n) is 5.03. The van der Waals surface area contributed by atoms with Gasteiger partial charge in [0.15, 0.2) is 5.76 Å². The van der Waals surface area contributed by atoms with E-state index in [1.54, 1.807) is 6.92 Å². The number of rotatable bonds is 3. The van der Waals surface area contributed by atoms with Gasteiger partial charge in [-0.2, -0.15) is 0 Å². The van der Waals surface area contributed by atoms with Crippen LogP contribution in [-0.4, -0.2) is 23.4 Å². The molecule has 1 heterocycles. The van der Waals surface area contributed by atoms with Gasteiger partial charge in [0.05, 0.1) is 0 Å². The lowest BCUT2D eigenvalue weighted by atomic mass is 10.1. The fourth-order valence-electron chi connectivity index (χ4n) is 1.32. The van der Waals surface area contributed by atoms with Gasteiger partial charge in [0.25, 0.3) is 0 Å². The molecule has 84 valence electrons. The van der Waals surface area contributed by atoms with Crippen LogP contribution in [0.3, 0.4) is 0 Å². The number of carbonyl (C=O) groups excluding carboxylic acids is 2. The highest BCUT2D eigenvalue weighted by Crippen LogP contribution is 2.18. The maximum atomic E-state index is 11.5. The molecule has 0 aromatic heterocycles. The Morgan fingerprint density at radius 1 is 1.60 bits per heavy atom. The number of carbonyl (C=O) groups is 2. The van der Waals surface area contributed by atoms with Crippen molar-refractivity contribution in [2.75, 3.05) is 6.54 Å². The average molecular weight is 212 g/mol. The SMILES string of the molecule is CCCC(=O)OC1=C(C)CCN(N)C1=O. The van der Waals surface area contributed by atoms with Crippen LogP contribution in [0, 0.1) is 0 Å². The first-order chi connectivity index (χ1) is 7.06. The van der Waals surface area contributed by atoms with Crippen molar-refractivity contribution in [3.8, 4) is 0 Å². The van der Waals surface area contributed by atoms with Crippen molar-refractivity contribution in [1.82, 2.24) is 5.01 Å². The molecule has 1 rings (SSSR count). The molecular formula is C10H16N2O3. The molecular weight excluding hydrogens is 196 g/mol. The van der Waals surface area contributed by atoms with Gasteiger partial charge in [-0.15, -0.1) is 0 Å². The van der Waals surface area contributed by atoms with Crippen LogP contribution >= 0.6 is 0 Å². The largest absolute Gasteiger partial charge is 0.421 e. The van der Waals surface area contributed by atoms with Gasteiger partial charge in [0, 0.05) is 13.0 Å². The molecule has 0 aliphatic carbocycles. The minimum Gasteiger partial charge on any atom is -0.421 e. The fourth-order valence-corrected chi connectivity index (χ4v) is 1.32. The molecule has 0 unspecified atom stereocenters. The Kier molecular flexibility index (Phi) is 3.85. The van der Waals surface area contributed by atoms with Crippen LogP contribution in [0.4, 0.5) is 0 Å². The standard InChI is InChI=1S/C10H16N2O3/c1-3-4-8(13)15-9-7(2)5-6-12(11)10(9)14/h3-6,11H2,1-2H3. The van der Waals surface area contributed by atoms with E-state index in [9.17, 15) is 9.59 Å². The highest BCUT2D eigenvalue weighted by Gasteiger charge is 2.26. The molecule has 5 nitrogen and oxygen atoms in total. The third-order valence-corrected chi connectivity index (χ3v) is 2.24. The van der Waals surface area contributed by atoms with Crippen LogP contribution in [0.2, 0.25) is 0 Å². The molecule has 0 aromatic rings. The monoisotopic (exact) mass is 212 g/mol. The van der Waals surface area contributed by atoms with Crippen molar-refractivity contribution in [3.05, 3.63) is 11.3 Å². The summed E-state index contributed by atoms with van der Waals surface area (Å²) in [5.74, 6) is 4.75. The number of esters is 1. The Bertz CT molecular complexity index is 310. The van der Waals surface area contributed by atoms with Crippen molar-refractivity contribution < 1.29 is 14.3 Å². The lowest BCUT2D eigenvalue weighted by Crippen LogP contribution is -2.43. The van der Waals surface area contributed by atoms with E-state index in [1.807, 2.05) is 6.92 Å². The second-order valence-corrected chi connectivity index (χ2v) is 3.58. The van der Waals surface area contributed by atoms with Gasteiger partial charge in [-0.1, -0.05) is 6.92 Å². The summed E-state index contributed by atoms with van der Waals surface area (Å²) in [6, 6.07) is 0. The Morgan fingerprint density at radius 3 is 2.87 bits per heavy atom. The minimum absolute atomic E-state index is 0.0993. The van der Waals surface area contributed by atoms with Crippen molar-refractivity contribution in [2.45, 2.75) is 33.1 Å². The highest BCUT2D eigenvalue weighted by molar-refractivity contribution is 5.95. The summed E-state index contributed by atoms with van der Waals surface area (Å²) in [4.78, 5) is 22.8. The highest BCUT2D eigenvalue weighted by atomic mass is 16.5. The molecule has 0 spiro atoms. The molecule has 0 radical (unpaired) electrons. The first kappa shape index (κ1) is 11.7. The van der Waals surface area contributed by atoms with Crippen LogP contribution in [0.5, 0.6) is 0 Å². The Hall–Kier alpha value is -1.36. The zero-order valence-corrected chi connectivity index (χ0v) is 9.08. The lowest BCUT2D eigenvalue weighted by molar-refractivity contribution is -0.146. The molecule has 1 aliphatic rings. The number of hydrogen-bond donors (Lipinski definition) is 1. The average Bonchev–Trinajstić information content (AvgIpc) is 2.19. The molecule has 1 amide bonds. The predicted octanol–water partition coefficient (Wildman–Crippen LogP) is 0.710. The summed E-state index contributed by atoms with van der Waals surface area (Å²) in [6.07, 6.45) is 1.66. The first-order valence-corrected chi connectivity index (χ1v) is 5.03. The van der Waals surface area contributed by atoms with Crippen LogP contribution in [0.15, 0.2) is 11.3 Å². The number of hydrogen-bond acceptors (Lipinski definition) is 4. The molecule has 15 heavy (non-hydrogen) atoms. The van der Waals surface area contributed by atoms with E-state index < -0.39 is 5.91 Å². The maximum Gasteiger partial charge on any atom is 0.311 e. The van der Waals surface area contributed by atoms with Gasteiger partial charge in [-0.3, -0.25) is 14.6 Å². The summed E-state index contributed by atoms with van der Waals surface area (Å²) in [6.45, 7) is 4.12. The topological polar surface area (TPSA) is 72.6 Å². The molecule has 0 fully saturated rings. The van der Waals surface area contributed by atoms with E-state index in [1.165, 1.54) is 0 Å². The maximum absolute atomic E-state index is 11.5. The van der Waals surface area contributed by atoms with Gasteiger partial charge in [0.1, 0.15) is 0 Å². The summed E-state index contributed by atoms with van der Waals surface area (Å²) in [7, 11) is 0. The molecule has 0 saturated heterocycles. The third kappa shape index (κ3) is 2.79. The third-order valence-electron chi connectivity index (χ3n) is 2.24. The van der Waals surface area contributed by atoms with Gasteiger partial charge >= 0.3 is 11.9 Å². The quantitative estimate of drug-likeness (QED) is 0.425. The van der Waals surface area contributed by atoms with E-state index in [-0.39, 0.29) is 11.7 Å². The Labute approximate surface area is 88.8 Å². The van der Waals surface area contributed by atoms with Crippen LogP contribution in [-0.2, 0) is 14.3 Å². The number of hydrazine groups is 1. The fraction of sp³-hybridized carbons (Fsp3) is 0.600. The number of nitrogens with zero attached hydrogens (tertiary/aromatic N) is 1. The van der Waals surface area contributed by atoms with Crippen molar-refractivity contribution in [3.63, 3.8) is 0 Å². The van der Waals surface area contributed by atoms with Gasteiger partial charge in [-0.25, -0.2) is 5.84 Å². The van der Waals surface area contributed by atoms with Crippen molar-refractivity contribution >= 4 is 11.9 Å². The molecule has 5 heteroatoms. The smallest absolute Gasteiger partial charge is 0.311 e. The lowest BCUT2D eigenvalue weighted by Gasteiger charge is -2.24. The van der Waals surface area contributed by atoms with Gasteiger partial charge < -0.3 is 4.74 Å². The minimum atomic E-state index is -0.414. The Morgan fingerprint density at radius 2 is 2.27 bits per heavy atom. The van der Waals surface area contributed by atoms with Crippen LogP contribution in [0.1, 0.15) is 33.1 Å². The molecule has 0 aromatic carbocycles. The zero-order chi connectivity index (χ0) is 11.4. The molecule has 0 bridgehead atoms. The van der Waals surface area contributed by atoms with E-state index in [0.29, 0.717) is 25.8 Å². The van der Waals surface area contributed by atoms with E-state index in [2.05, 4.69) is 0 Å². The van der Waals surface area contributed by atoms with Crippen molar-refractivity contribution in [2.24, 2.45) is 5.84 Å². The zero-order valence-electron chi connectivity index (χ0n) is 9.08. The second-order valence-electron chi connectivity index (χ2n) is 3.58. The van der Waals surface area contributed by atoms with Crippen LogP contribution < -0.4 is 5.84 Å². The second kappa shape index (κ2) is 4.93. The Balaban J connectivity index is 2.73. The van der Waals surface area contributed by atoms with Gasteiger partial charge in [0.2, 0.25) is 0 Å². The van der Waals surface area contributed by atoms with Gasteiger partial charge in [-0.05, 0) is 25.3 Å². The molecule has 0 saturated carbocycles. The van der Waals surface area contributed by atoms with E-state index in [0.717, 1.165) is 10.6 Å². The van der Waals surface area contributed by atoms with Crippen LogP contribution in [0.25, 0.3) is 0 Å². The summed E-state index contributed by atoms with van der Waals surface area (Å²) >= 11 is 0. The predicted molar refractivity (Wildman–Crippen MR) is 54.2 cm³/mol. The number of nitrogens with two attached hydrogens (primary N) is 1. The molecule has 1 aliphatic heterocycles. The number of ether oxygens (including phenoxy) is 1. The summed E-state index contributed by atoms with van der Waals surface area (Å²) < 4.78 is 5.00.